The van der Waals surface area contributed by atoms with Crippen molar-refractivity contribution in [2.75, 3.05) is 25.0 Å². The van der Waals surface area contributed by atoms with E-state index in [2.05, 4.69) is 34.0 Å². The summed E-state index contributed by atoms with van der Waals surface area (Å²) in [4.78, 5) is 23.7. The number of nitrogens with one attached hydrogen (secondary N) is 1. The summed E-state index contributed by atoms with van der Waals surface area (Å²) < 4.78 is 12.4. The number of fused-ring (bicyclic) bond motifs is 2. The molecule has 1 N–H and O–H groups in total. The maximum absolute atomic E-state index is 12.9. The number of carbonyl (C=O) groups is 1. The average molecular weight is 461 g/mol. The molecule has 0 spiro atoms. The van der Waals surface area contributed by atoms with Gasteiger partial charge < -0.3 is 14.8 Å². The highest BCUT2D eigenvalue weighted by Crippen LogP contribution is 2.34. The summed E-state index contributed by atoms with van der Waals surface area (Å²) >= 11 is 0. The van der Waals surface area contributed by atoms with Crippen LogP contribution < -0.4 is 14.8 Å². The monoisotopic (exact) mass is 460 g/mol. The number of benzene rings is 1. The third-order valence-electron chi connectivity index (χ3n) is 5.93. The standard InChI is InChI=1S/C27H32N4O3/c1-20-11-14-28-16-22(20)30-25(32)18-31-15-7-12-27(2,3)19-33-23-9-4-5-10-24(23)34-26-21(17-31)8-6-13-29-26/h4-6,8-11,13-14,16H,7,12,15,17-19H2,1-3H3,(H,30,32). The van der Waals surface area contributed by atoms with Gasteiger partial charge in [-0.05, 0) is 61.6 Å². The Morgan fingerprint density at radius 1 is 1.12 bits per heavy atom. The number of aromatic nitrogens is 2. The molecule has 178 valence electrons. The second-order valence-corrected chi connectivity index (χ2v) is 9.52. The Labute approximate surface area is 201 Å². The van der Waals surface area contributed by atoms with Crippen LogP contribution in [0.5, 0.6) is 17.4 Å². The molecule has 3 aromatic rings. The minimum absolute atomic E-state index is 0.0208. The summed E-state index contributed by atoms with van der Waals surface area (Å²) in [5.74, 6) is 1.79. The predicted molar refractivity (Wildman–Crippen MR) is 132 cm³/mol. The number of ether oxygens (including phenoxy) is 2. The topological polar surface area (TPSA) is 76.6 Å². The molecule has 0 radical (unpaired) electrons. The maximum atomic E-state index is 12.9. The quantitative estimate of drug-likeness (QED) is 0.578. The van der Waals surface area contributed by atoms with Crippen molar-refractivity contribution in [1.82, 2.24) is 14.9 Å². The van der Waals surface area contributed by atoms with Crippen molar-refractivity contribution >= 4 is 11.6 Å². The van der Waals surface area contributed by atoms with Crippen molar-refractivity contribution < 1.29 is 14.3 Å². The highest BCUT2D eigenvalue weighted by molar-refractivity contribution is 5.92. The first-order valence-electron chi connectivity index (χ1n) is 11.7. The minimum atomic E-state index is -0.0697. The summed E-state index contributed by atoms with van der Waals surface area (Å²) in [6.45, 7) is 8.51. The van der Waals surface area contributed by atoms with Gasteiger partial charge in [0, 0.05) is 24.5 Å². The maximum Gasteiger partial charge on any atom is 0.238 e. The molecule has 1 aromatic carbocycles. The van der Waals surface area contributed by atoms with Crippen LogP contribution in [0.2, 0.25) is 0 Å². The Morgan fingerprint density at radius 3 is 2.76 bits per heavy atom. The smallest absolute Gasteiger partial charge is 0.238 e. The third-order valence-corrected chi connectivity index (χ3v) is 5.93. The van der Waals surface area contributed by atoms with Crippen LogP contribution >= 0.6 is 0 Å². The van der Waals surface area contributed by atoms with Gasteiger partial charge in [-0.25, -0.2) is 4.98 Å². The molecule has 1 amide bonds. The fraction of sp³-hybridized carbons (Fsp3) is 0.370. The molecular weight excluding hydrogens is 428 g/mol. The van der Waals surface area contributed by atoms with Gasteiger partial charge in [-0.2, -0.15) is 0 Å². The number of nitrogens with zero attached hydrogens (tertiary/aromatic N) is 3. The van der Waals surface area contributed by atoms with Crippen molar-refractivity contribution in [2.45, 2.75) is 40.2 Å². The van der Waals surface area contributed by atoms with Crippen LogP contribution in [-0.2, 0) is 11.3 Å². The van der Waals surface area contributed by atoms with Crippen LogP contribution in [0.15, 0.2) is 61.1 Å². The first kappa shape index (κ1) is 23.7. The number of amides is 1. The van der Waals surface area contributed by atoms with Gasteiger partial charge in [-0.3, -0.25) is 14.7 Å². The molecular formula is C27H32N4O3. The summed E-state index contributed by atoms with van der Waals surface area (Å²) in [5.41, 5.74) is 2.61. The number of para-hydroxylation sites is 2. The molecule has 4 rings (SSSR count). The number of rotatable bonds is 3. The highest BCUT2D eigenvalue weighted by Gasteiger charge is 2.23. The van der Waals surface area contributed by atoms with Crippen LogP contribution in [0.3, 0.4) is 0 Å². The Kier molecular flexibility index (Phi) is 7.43. The van der Waals surface area contributed by atoms with E-state index in [1.54, 1.807) is 18.6 Å². The van der Waals surface area contributed by atoms with Crippen molar-refractivity contribution in [3.8, 4) is 17.4 Å². The van der Waals surface area contributed by atoms with Gasteiger partial charge in [0.15, 0.2) is 11.5 Å². The lowest BCUT2D eigenvalue weighted by molar-refractivity contribution is -0.117. The van der Waals surface area contributed by atoms with Crippen molar-refractivity contribution in [1.29, 1.82) is 0 Å². The van der Waals surface area contributed by atoms with Crippen LogP contribution in [0.4, 0.5) is 5.69 Å². The normalized spacial score (nSPS) is 16.3. The molecule has 0 fully saturated rings. The van der Waals surface area contributed by atoms with Gasteiger partial charge in [0.2, 0.25) is 11.8 Å². The number of hydrogen-bond donors (Lipinski definition) is 1. The molecule has 0 bridgehead atoms. The second kappa shape index (κ2) is 10.7. The molecule has 0 saturated carbocycles. The Bertz CT molecular complexity index is 1130. The van der Waals surface area contributed by atoms with Crippen LogP contribution in [0.1, 0.15) is 37.8 Å². The number of pyridine rings is 2. The van der Waals surface area contributed by atoms with Crippen LogP contribution in [0, 0.1) is 12.3 Å². The van der Waals surface area contributed by atoms with Gasteiger partial charge in [-0.1, -0.05) is 32.0 Å². The molecule has 34 heavy (non-hydrogen) atoms. The lowest BCUT2D eigenvalue weighted by atomic mass is 9.88. The molecule has 1 aliphatic rings. The van der Waals surface area contributed by atoms with E-state index in [1.807, 2.05) is 49.4 Å². The van der Waals surface area contributed by atoms with E-state index in [0.29, 0.717) is 30.5 Å². The second-order valence-electron chi connectivity index (χ2n) is 9.52. The van der Waals surface area contributed by atoms with Gasteiger partial charge >= 0.3 is 0 Å². The van der Waals surface area contributed by atoms with Gasteiger partial charge in [0.05, 0.1) is 25.0 Å². The fourth-order valence-corrected chi connectivity index (χ4v) is 3.96. The van der Waals surface area contributed by atoms with Crippen molar-refractivity contribution in [3.05, 3.63) is 72.2 Å². The molecule has 0 atom stereocenters. The molecule has 0 aliphatic carbocycles. The SMILES string of the molecule is Cc1ccncc1NC(=O)CN1CCCC(C)(C)COc2ccccc2Oc2ncccc2C1. The lowest BCUT2D eigenvalue weighted by Gasteiger charge is -2.27. The zero-order valence-electron chi connectivity index (χ0n) is 20.1. The summed E-state index contributed by atoms with van der Waals surface area (Å²) in [6, 6.07) is 13.4. The van der Waals surface area contributed by atoms with E-state index in [4.69, 9.17) is 9.47 Å². The van der Waals surface area contributed by atoms with E-state index in [-0.39, 0.29) is 17.9 Å². The van der Waals surface area contributed by atoms with Crippen LogP contribution in [0.25, 0.3) is 0 Å². The molecule has 0 unspecified atom stereocenters. The van der Waals surface area contributed by atoms with E-state index >= 15 is 0 Å². The van der Waals surface area contributed by atoms with Gasteiger partial charge in [0.25, 0.3) is 0 Å². The van der Waals surface area contributed by atoms with Crippen molar-refractivity contribution in [3.63, 3.8) is 0 Å². The zero-order valence-corrected chi connectivity index (χ0v) is 20.1. The van der Waals surface area contributed by atoms with E-state index < -0.39 is 0 Å². The number of hydrogen-bond acceptors (Lipinski definition) is 6. The summed E-state index contributed by atoms with van der Waals surface area (Å²) in [6.07, 6.45) is 7.02. The fourth-order valence-electron chi connectivity index (χ4n) is 3.96. The number of aryl methyl sites for hydroxylation is 1. The third kappa shape index (κ3) is 6.32. The van der Waals surface area contributed by atoms with E-state index in [1.165, 1.54) is 0 Å². The molecule has 3 heterocycles. The van der Waals surface area contributed by atoms with Crippen LogP contribution in [-0.4, -0.2) is 40.5 Å². The first-order valence-corrected chi connectivity index (χ1v) is 11.7. The molecule has 7 heteroatoms. The van der Waals surface area contributed by atoms with Gasteiger partial charge in [-0.15, -0.1) is 0 Å². The number of anilines is 1. The zero-order chi connectivity index (χ0) is 24.0. The highest BCUT2D eigenvalue weighted by atomic mass is 16.5. The summed E-state index contributed by atoms with van der Waals surface area (Å²) in [5, 5.41) is 3.00. The lowest BCUT2D eigenvalue weighted by Crippen LogP contribution is -2.34. The first-order chi connectivity index (χ1) is 16.4. The predicted octanol–water partition coefficient (Wildman–Crippen LogP) is 5.22. The Morgan fingerprint density at radius 2 is 1.94 bits per heavy atom. The Hall–Kier alpha value is -3.45. The van der Waals surface area contributed by atoms with Crippen molar-refractivity contribution in [2.24, 2.45) is 5.41 Å². The average Bonchev–Trinajstić information content (AvgIpc) is 2.81. The number of carbonyl (C=O) groups excluding carboxylic acids is 1. The van der Waals surface area contributed by atoms with E-state index in [9.17, 15) is 4.79 Å². The van der Waals surface area contributed by atoms with Gasteiger partial charge in [0.1, 0.15) is 0 Å². The largest absolute Gasteiger partial charge is 0.489 e. The molecule has 1 aliphatic heterocycles. The minimum Gasteiger partial charge on any atom is -0.489 e. The van der Waals surface area contributed by atoms with E-state index in [0.717, 1.165) is 36.2 Å². The Balaban J connectivity index is 1.58. The molecule has 7 nitrogen and oxygen atoms in total. The molecule has 2 aromatic heterocycles. The molecule has 0 saturated heterocycles. The summed E-state index contributed by atoms with van der Waals surface area (Å²) in [7, 11) is 0.